The van der Waals surface area contributed by atoms with E-state index in [9.17, 15) is 9.59 Å². The maximum Gasteiger partial charge on any atom is 0.321 e. The van der Waals surface area contributed by atoms with E-state index in [0.717, 1.165) is 37.8 Å². The van der Waals surface area contributed by atoms with Crippen molar-refractivity contribution in [1.82, 2.24) is 20.1 Å². The van der Waals surface area contributed by atoms with Crippen LogP contribution in [0.2, 0.25) is 0 Å². The number of nitrogens with one attached hydrogen (secondary N) is 1. The number of urea groups is 1. The van der Waals surface area contributed by atoms with Crippen LogP contribution in [0.4, 0.5) is 16.3 Å². The van der Waals surface area contributed by atoms with E-state index < -0.39 is 0 Å². The first-order valence-electron chi connectivity index (χ1n) is 10.1. The van der Waals surface area contributed by atoms with Gasteiger partial charge in [-0.25, -0.2) is 9.42 Å². The maximum absolute atomic E-state index is 12.7. The van der Waals surface area contributed by atoms with Crippen molar-refractivity contribution >= 4 is 23.4 Å². The molecule has 29 heavy (non-hydrogen) atoms. The first-order chi connectivity index (χ1) is 14.1. The number of amides is 3. The molecule has 1 fully saturated rings. The van der Waals surface area contributed by atoms with E-state index in [1.807, 2.05) is 12.1 Å². The SMILES string of the molecule is CCCCc1ccc(NC(=O)N2CCCCN(C(=O)c3nonc3N)CC2)cc1. The lowest BCUT2D eigenvalue weighted by molar-refractivity contribution is 0.0712. The van der Waals surface area contributed by atoms with E-state index in [2.05, 4.69) is 39.3 Å². The fourth-order valence-electron chi connectivity index (χ4n) is 3.31. The van der Waals surface area contributed by atoms with Gasteiger partial charge in [-0.2, -0.15) is 0 Å². The number of nitrogen functional groups attached to an aromatic ring is 1. The number of aromatic nitrogens is 2. The van der Waals surface area contributed by atoms with Gasteiger partial charge in [-0.05, 0) is 53.7 Å². The Morgan fingerprint density at radius 3 is 2.41 bits per heavy atom. The summed E-state index contributed by atoms with van der Waals surface area (Å²) in [5.74, 6) is -0.345. The zero-order valence-electron chi connectivity index (χ0n) is 16.8. The molecule has 1 aliphatic rings. The molecular formula is C20H28N6O3. The van der Waals surface area contributed by atoms with Crippen LogP contribution in [0.1, 0.15) is 48.7 Å². The van der Waals surface area contributed by atoms with Crippen LogP contribution in [0.3, 0.4) is 0 Å². The summed E-state index contributed by atoms with van der Waals surface area (Å²) in [6.07, 6.45) is 4.95. The average molecular weight is 400 g/mol. The number of nitrogens with zero attached hydrogens (tertiary/aromatic N) is 4. The second kappa shape index (κ2) is 9.90. The van der Waals surface area contributed by atoms with Gasteiger partial charge in [-0.15, -0.1) is 0 Å². The Balaban J connectivity index is 1.57. The van der Waals surface area contributed by atoms with Crippen LogP contribution in [0.25, 0.3) is 0 Å². The Hall–Kier alpha value is -3.10. The largest absolute Gasteiger partial charge is 0.379 e. The first kappa shape index (κ1) is 20.6. The van der Waals surface area contributed by atoms with Crippen LogP contribution in [0.5, 0.6) is 0 Å². The number of rotatable bonds is 5. The quantitative estimate of drug-likeness (QED) is 0.797. The smallest absolute Gasteiger partial charge is 0.321 e. The second-order valence-corrected chi connectivity index (χ2v) is 7.22. The Morgan fingerprint density at radius 1 is 1.07 bits per heavy atom. The number of carbonyl (C=O) groups is 2. The van der Waals surface area contributed by atoms with Gasteiger partial charge in [0.15, 0.2) is 0 Å². The van der Waals surface area contributed by atoms with Crippen molar-refractivity contribution in [3.05, 3.63) is 35.5 Å². The van der Waals surface area contributed by atoms with E-state index in [0.29, 0.717) is 26.2 Å². The molecule has 156 valence electrons. The molecule has 0 spiro atoms. The zero-order valence-corrected chi connectivity index (χ0v) is 16.8. The molecule has 0 aliphatic carbocycles. The predicted molar refractivity (Wildman–Crippen MR) is 109 cm³/mol. The minimum atomic E-state index is -0.325. The molecule has 0 atom stereocenters. The Bertz CT molecular complexity index is 820. The number of aryl methyl sites for hydroxylation is 1. The van der Waals surface area contributed by atoms with Crippen molar-refractivity contribution in [3.8, 4) is 0 Å². The minimum Gasteiger partial charge on any atom is -0.379 e. The summed E-state index contributed by atoms with van der Waals surface area (Å²) in [5, 5.41) is 9.99. The molecule has 0 bridgehead atoms. The maximum atomic E-state index is 12.7. The molecule has 3 rings (SSSR count). The molecule has 3 amide bonds. The fourth-order valence-corrected chi connectivity index (χ4v) is 3.31. The highest BCUT2D eigenvalue weighted by Crippen LogP contribution is 2.15. The molecule has 2 aromatic rings. The number of hydrogen-bond acceptors (Lipinski definition) is 6. The first-order valence-corrected chi connectivity index (χ1v) is 10.1. The van der Waals surface area contributed by atoms with E-state index in [1.54, 1.807) is 9.80 Å². The second-order valence-electron chi connectivity index (χ2n) is 7.22. The summed E-state index contributed by atoms with van der Waals surface area (Å²) in [6.45, 7) is 4.23. The third-order valence-electron chi connectivity index (χ3n) is 5.06. The number of anilines is 2. The highest BCUT2D eigenvalue weighted by Gasteiger charge is 2.25. The molecule has 9 nitrogen and oxygen atoms in total. The predicted octanol–water partition coefficient (Wildman–Crippen LogP) is 2.76. The fraction of sp³-hybridized carbons (Fsp3) is 0.500. The van der Waals surface area contributed by atoms with Crippen LogP contribution >= 0.6 is 0 Å². The van der Waals surface area contributed by atoms with Crippen molar-refractivity contribution in [2.75, 3.05) is 37.2 Å². The monoisotopic (exact) mass is 400 g/mol. The highest BCUT2D eigenvalue weighted by molar-refractivity contribution is 5.96. The van der Waals surface area contributed by atoms with Crippen LogP contribution in [-0.4, -0.2) is 58.2 Å². The van der Waals surface area contributed by atoms with Gasteiger partial charge in [-0.3, -0.25) is 4.79 Å². The summed E-state index contributed by atoms with van der Waals surface area (Å²) in [4.78, 5) is 28.7. The van der Waals surface area contributed by atoms with Crippen LogP contribution < -0.4 is 11.1 Å². The molecule has 2 heterocycles. The number of unbranched alkanes of at least 4 members (excludes halogenated alkanes) is 1. The Kier molecular flexibility index (Phi) is 7.04. The summed E-state index contributed by atoms with van der Waals surface area (Å²) < 4.78 is 4.52. The van der Waals surface area contributed by atoms with E-state index in [4.69, 9.17) is 5.73 Å². The molecule has 0 saturated carbocycles. The Morgan fingerprint density at radius 2 is 1.76 bits per heavy atom. The summed E-state index contributed by atoms with van der Waals surface area (Å²) in [7, 11) is 0. The third kappa shape index (κ3) is 5.46. The zero-order chi connectivity index (χ0) is 20.6. The Labute approximate surface area is 170 Å². The van der Waals surface area contributed by atoms with Crippen LogP contribution in [-0.2, 0) is 6.42 Å². The normalized spacial score (nSPS) is 14.9. The standard InChI is InChI=1S/C20H28N6O3/c1-2-3-6-15-7-9-16(10-8-15)22-20(28)26-12-5-4-11-25(13-14-26)19(27)17-18(21)24-29-23-17/h7-10H,2-6,11-14H2,1H3,(H2,21,24)(H,22,28). The lowest BCUT2D eigenvalue weighted by Crippen LogP contribution is -2.45. The average Bonchev–Trinajstić information content (AvgIpc) is 3.13. The lowest BCUT2D eigenvalue weighted by Gasteiger charge is -2.30. The van der Waals surface area contributed by atoms with Crippen LogP contribution in [0, 0.1) is 0 Å². The molecule has 0 radical (unpaired) electrons. The molecule has 1 aliphatic heterocycles. The van der Waals surface area contributed by atoms with Gasteiger partial charge in [0.2, 0.25) is 11.5 Å². The number of benzene rings is 1. The van der Waals surface area contributed by atoms with E-state index in [1.165, 1.54) is 5.56 Å². The van der Waals surface area contributed by atoms with Gasteiger partial charge in [0, 0.05) is 31.9 Å². The van der Waals surface area contributed by atoms with E-state index >= 15 is 0 Å². The van der Waals surface area contributed by atoms with Gasteiger partial charge in [0.25, 0.3) is 5.91 Å². The van der Waals surface area contributed by atoms with Gasteiger partial charge in [0.05, 0.1) is 0 Å². The number of hydrogen-bond donors (Lipinski definition) is 2. The van der Waals surface area contributed by atoms with Crippen molar-refractivity contribution in [2.24, 2.45) is 0 Å². The van der Waals surface area contributed by atoms with Crippen molar-refractivity contribution in [1.29, 1.82) is 0 Å². The molecule has 1 aromatic carbocycles. The lowest BCUT2D eigenvalue weighted by atomic mass is 10.1. The molecule has 9 heteroatoms. The summed E-state index contributed by atoms with van der Waals surface area (Å²) >= 11 is 0. The van der Waals surface area contributed by atoms with Gasteiger partial charge in [-0.1, -0.05) is 25.5 Å². The summed E-state index contributed by atoms with van der Waals surface area (Å²) in [6, 6.07) is 7.81. The van der Waals surface area contributed by atoms with Gasteiger partial charge < -0.3 is 20.9 Å². The summed E-state index contributed by atoms with van der Waals surface area (Å²) in [5.41, 5.74) is 7.69. The van der Waals surface area contributed by atoms with Crippen molar-refractivity contribution < 1.29 is 14.2 Å². The highest BCUT2D eigenvalue weighted by atomic mass is 16.6. The third-order valence-corrected chi connectivity index (χ3v) is 5.06. The van der Waals surface area contributed by atoms with Gasteiger partial charge >= 0.3 is 6.03 Å². The molecule has 3 N–H and O–H groups in total. The number of carbonyl (C=O) groups excluding carboxylic acids is 2. The topological polar surface area (TPSA) is 118 Å². The molecular weight excluding hydrogens is 372 g/mol. The molecule has 1 aromatic heterocycles. The van der Waals surface area contributed by atoms with Crippen molar-refractivity contribution in [3.63, 3.8) is 0 Å². The minimum absolute atomic E-state index is 0.0183. The van der Waals surface area contributed by atoms with Gasteiger partial charge in [0.1, 0.15) is 0 Å². The van der Waals surface area contributed by atoms with E-state index in [-0.39, 0.29) is 23.5 Å². The molecule has 1 saturated heterocycles. The molecule has 0 unspecified atom stereocenters. The van der Waals surface area contributed by atoms with Crippen LogP contribution in [0.15, 0.2) is 28.9 Å². The number of nitrogens with two attached hydrogens (primary N) is 1. The van der Waals surface area contributed by atoms with Crippen molar-refractivity contribution in [2.45, 2.75) is 39.0 Å².